The highest BCUT2D eigenvalue weighted by Gasteiger charge is 2.17. The maximum Gasteiger partial charge on any atom is 0.254 e. The van der Waals surface area contributed by atoms with Crippen molar-refractivity contribution in [3.63, 3.8) is 0 Å². The predicted octanol–water partition coefficient (Wildman–Crippen LogP) is 2.39. The minimum absolute atomic E-state index is 0.0201. The highest BCUT2D eigenvalue weighted by molar-refractivity contribution is 6.06. The molecule has 20 heavy (non-hydrogen) atoms. The second-order valence-corrected chi connectivity index (χ2v) is 4.84. The van der Waals surface area contributed by atoms with Crippen molar-refractivity contribution in [3.8, 4) is 0 Å². The van der Waals surface area contributed by atoms with Crippen LogP contribution in [-0.4, -0.2) is 40.6 Å². The number of rotatable bonds is 5. The molecule has 0 aliphatic carbocycles. The molecule has 0 saturated heterocycles. The Labute approximate surface area is 119 Å². The molecule has 0 radical (unpaired) electrons. The van der Waals surface area contributed by atoms with Crippen LogP contribution in [0.5, 0.6) is 0 Å². The maximum atomic E-state index is 12.7. The van der Waals surface area contributed by atoms with Gasteiger partial charge < -0.3 is 10.0 Å². The lowest BCUT2D eigenvalue weighted by Gasteiger charge is -2.22. The number of carbonyl (C=O) groups excluding carboxylic acids is 1. The van der Waals surface area contributed by atoms with Gasteiger partial charge in [0.2, 0.25) is 0 Å². The van der Waals surface area contributed by atoms with Gasteiger partial charge in [-0.25, -0.2) is 0 Å². The average Bonchev–Trinajstić information content (AvgIpc) is 2.45. The molecule has 0 aliphatic heterocycles. The van der Waals surface area contributed by atoms with E-state index in [1.807, 2.05) is 44.2 Å². The molecule has 2 rings (SSSR count). The van der Waals surface area contributed by atoms with Crippen LogP contribution >= 0.6 is 0 Å². The standard InChI is InChI=1S/C16H20N2O2/c1-3-8-18(9-10-19)16(20)14-11-12(2)17-15-7-5-4-6-13(14)15/h4-7,11,19H,3,8-10H2,1-2H3. The highest BCUT2D eigenvalue weighted by atomic mass is 16.3. The Morgan fingerprint density at radius 3 is 2.75 bits per heavy atom. The van der Waals surface area contributed by atoms with E-state index in [2.05, 4.69) is 4.98 Å². The second kappa shape index (κ2) is 6.48. The number of carbonyl (C=O) groups is 1. The Morgan fingerprint density at radius 1 is 1.30 bits per heavy atom. The molecule has 0 saturated carbocycles. The van der Waals surface area contributed by atoms with E-state index in [0.717, 1.165) is 23.0 Å². The van der Waals surface area contributed by atoms with Gasteiger partial charge in [0.05, 0.1) is 17.7 Å². The molecule has 2 aromatic rings. The molecule has 4 heteroatoms. The zero-order valence-electron chi connectivity index (χ0n) is 12.0. The molecule has 106 valence electrons. The third-order valence-electron chi connectivity index (χ3n) is 3.23. The smallest absolute Gasteiger partial charge is 0.254 e. The number of aryl methyl sites for hydroxylation is 1. The van der Waals surface area contributed by atoms with Crippen LogP contribution in [0.2, 0.25) is 0 Å². The van der Waals surface area contributed by atoms with Crippen molar-refractivity contribution < 1.29 is 9.90 Å². The largest absolute Gasteiger partial charge is 0.395 e. The number of aromatic nitrogens is 1. The van der Waals surface area contributed by atoms with E-state index >= 15 is 0 Å². The second-order valence-electron chi connectivity index (χ2n) is 4.84. The molecule has 1 amide bonds. The molecule has 1 aromatic carbocycles. The van der Waals surface area contributed by atoms with E-state index in [1.54, 1.807) is 4.90 Å². The molecule has 4 nitrogen and oxygen atoms in total. The normalized spacial score (nSPS) is 10.8. The van der Waals surface area contributed by atoms with Crippen molar-refractivity contribution >= 4 is 16.8 Å². The number of amides is 1. The van der Waals surface area contributed by atoms with Gasteiger partial charge >= 0.3 is 0 Å². The number of para-hydroxylation sites is 1. The fourth-order valence-corrected chi connectivity index (χ4v) is 2.36. The Kier molecular flexibility index (Phi) is 4.69. The van der Waals surface area contributed by atoms with E-state index in [4.69, 9.17) is 5.11 Å². The van der Waals surface area contributed by atoms with Gasteiger partial charge in [-0.3, -0.25) is 9.78 Å². The molecule has 1 aromatic heterocycles. The van der Waals surface area contributed by atoms with Gasteiger partial charge in [0, 0.05) is 24.2 Å². The lowest BCUT2D eigenvalue weighted by molar-refractivity contribution is 0.0724. The fourth-order valence-electron chi connectivity index (χ4n) is 2.36. The monoisotopic (exact) mass is 272 g/mol. The molecule has 0 bridgehead atoms. The summed E-state index contributed by atoms with van der Waals surface area (Å²) in [5.41, 5.74) is 2.32. The molecule has 0 atom stereocenters. The summed E-state index contributed by atoms with van der Waals surface area (Å²) in [6, 6.07) is 9.48. The Bertz CT molecular complexity index is 604. The van der Waals surface area contributed by atoms with Crippen molar-refractivity contribution in [2.24, 2.45) is 0 Å². The van der Waals surface area contributed by atoms with Gasteiger partial charge in [-0.05, 0) is 25.5 Å². The first kappa shape index (κ1) is 14.5. The van der Waals surface area contributed by atoms with Crippen LogP contribution in [0.3, 0.4) is 0 Å². The van der Waals surface area contributed by atoms with Gasteiger partial charge in [0.25, 0.3) is 5.91 Å². The predicted molar refractivity (Wildman–Crippen MR) is 79.8 cm³/mol. The fraction of sp³-hybridized carbons (Fsp3) is 0.375. The van der Waals surface area contributed by atoms with Crippen LogP contribution in [0.15, 0.2) is 30.3 Å². The van der Waals surface area contributed by atoms with Crippen molar-refractivity contribution in [3.05, 3.63) is 41.6 Å². The zero-order chi connectivity index (χ0) is 14.5. The lowest BCUT2D eigenvalue weighted by atomic mass is 10.1. The number of nitrogens with zero attached hydrogens (tertiary/aromatic N) is 2. The van der Waals surface area contributed by atoms with E-state index in [9.17, 15) is 4.79 Å². The van der Waals surface area contributed by atoms with E-state index in [1.165, 1.54) is 0 Å². The maximum absolute atomic E-state index is 12.7. The number of hydrogen-bond acceptors (Lipinski definition) is 3. The number of pyridine rings is 1. The van der Waals surface area contributed by atoms with Crippen LogP contribution in [0.4, 0.5) is 0 Å². The molecule has 1 N–H and O–H groups in total. The number of hydrogen-bond donors (Lipinski definition) is 1. The van der Waals surface area contributed by atoms with E-state index < -0.39 is 0 Å². The molecule has 0 spiro atoms. The topological polar surface area (TPSA) is 53.4 Å². The quantitative estimate of drug-likeness (QED) is 0.909. The van der Waals surface area contributed by atoms with Crippen LogP contribution in [0, 0.1) is 6.92 Å². The van der Waals surface area contributed by atoms with Crippen molar-refractivity contribution in [2.75, 3.05) is 19.7 Å². The third kappa shape index (κ3) is 2.96. The van der Waals surface area contributed by atoms with Crippen molar-refractivity contribution in [1.82, 2.24) is 9.88 Å². The van der Waals surface area contributed by atoms with Crippen LogP contribution in [-0.2, 0) is 0 Å². The average molecular weight is 272 g/mol. The van der Waals surface area contributed by atoms with Crippen molar-refractivity contribution in [1.29, 1.82) is 0 Å². The number of aliphatic hydroxyl groups excluding tert-OH is 1. The molecular formula is C16H20N2O2. The summed E-state index contributed by atoms with van der Waals surface area (Å²) in [5.74, 6) is -0.0393. The Hall–Kier alpha value is -1.94. The van der Waals surface area contributed by atoms with Crippen molar-refractivity contribution in [2.45, 2.75) is 20.3 Å². The number of aliphatic hydroxyl groups is 1. The van der Waals surface area contributed by atoms with E-state index in [0.29, 0.717) is 18.7 Å². The van der Waals surface area contributed by atoms with Crippen LogP contribution in [0.25, 0.3) is 10.9 Å². The summed E-state index contributed by atoms with van der Waals surface area (Å²) >= 11 is 0. The Morgan fingerprint density at radius 2 is 2.05 bits per heavy atom. The first-order chi connectivity index (χ1) is 9.67. The van der Waals surface area contributed by atoms with Gasteiger partial charge in [-0.1, -0.05) is 25.1 Å². The molecular weight excluding hydrogens is 252 g/mol. The minimum atomic E-state index is -0.0393. The highest BCUT2D eigenvalue weighted by Crippen LogP contribution is 2.20. The van der Waals surface area contributed by atoms with E-state index in [-0.39, 0.29) is 12.5 Å². The summed E-state index contributed by atoms with van der Waals surface area (Å²) in [4.78, 5) is 18.8. The summed E-state index contributed by atoms with van der Waals surface area (Å²) in [7, 11) is 0. The summed E-state index contributed by atoms with van der Waals surface area (Å²) in [5, 5.41) is 9.98. The summed E-state index contributed by atoms with van der Waals surface area (Å²) < 4.78 is 0. The van der Waals surface area contributed by atoms with Crippen LogP contribution in [0.1, 0.15) is 29.4 Å². The first-order valence-corrected chi connectivity index (χ1v) is 6.94. The number of fused-ring (bicyclic) bond motifs is 1. The first-order valence-electron chi connectivity index (χ1n) is 6.94. The molecule has 0 unspecified atom stereocenters. The van der Waals surface area contributed by atoms with Gasteiger partial charge in [-0.2, -0.15) is 0 Å². The molecule has 0 fully saturated rings. The lowest BCUT2D eigenvalue weighted by Crippen LogP contribution is -2.34. The van der Waals surface area contributed by atoms with Crippen LogP contribution < -0.4 is 0 Å². The zero-order valence-corrected chi connectivity index (χ0v) is 12.0. The molecule has 0 aliphatic rings. The number of benzene rings is 1. The van der Waals surface area contributed by atoms with Gasteiger partial charge in [-0.15, -0.1) is 0 Å². The summed E-state index contributed by atoms with van der Waals surface area (Å²) in [6.07, 6.45) is 0.869. The van der Waals surface area contributed by atoms with Gasteiger partial charge in [0.15, 0.2) is 0 Å². The third-order valence-corrected chi connectivity index (χ3v) is 3.23. The molecule has 1 heterocycles. The SMILES string of the molecule is CCCN(CCO)C(=O)c1cc(C)nc2ccccc12. The summed E-state index contributed by atoms with van der Waals surface area (Å²) in [6.45, 7) is 4.90. The van der Waals surface area contributed by atoms with Gasteiger partial charge in [0.1, 0.15) is 0 Å². The minimum Gasteiger partial charge on any atom is -0.395 e. The Balaban J connectivity index is 2.47.